The number of benzene rings is 1. The highest BCUT2D eigenvalue weighted by molar-refractivity contribution is 6.34. The molecular formula is C18H17ClN2O3. The van der Waals surface area contributed by atoms with Crippen LogP contribution in [-0.2, 0) is 4.79 Å². The Morgan fingerprint density at radius 3 is 2.54 bits per heavy atom. The average molecular weight is 345 g/mol. The van der Waals surface area contributed by atoms with Crippen LogP contribution in [0.1, 0.15) is 36.0 Å². The summed E-state index contributed by atoms with van der Waals surface area (Å²) in [6.07, 6.45) is 4.11. The number of nitrogens with zero attached hydrogens (tertiary/aromatic N) is 1. The van der Waals surface area contributed by atoms with E-state index in [1.165, 1.54) is 0 Å². The molecule has 6 heteroatoms. The Balaban J connectivity index is 1.91. The lowest BCUT2D eigenvalue weighted by Gasteiger charge is -2.25. The van der Waals surface area contributed by atoms with E-state index in [9.17, 15) is 14.7 Å². The number of carbonyl (C=O) groups excluding carboxylic acids is 1. The van der Waals surface area contributed by atoms with E-state index in [1.54, 1.807) is 24.4 Å². The van der Waals surface area contributed by atoms with Crippen molar-refractivity contribution in [3.05, 3.63) is 53.2 Å². The van der Waals surface area contributed by atoms with E-state index < -0.39 is 17.4 Å². The number of hydrogen-bond donors (Lipinski definition) is 2. The second-order valence-corrected chi connectivity index (χ2v) is 6.37. The predicted octanol–water partition coefficient (Wildman–Crippen LogP) is 3.53. The van der Waals surface area contributed by atoms with Gasteiger partial charge in [0, 0.05) is 11.8 Å². The Kier molecular flexibility index (Phi) is 4.53. The van der Waals surface area contributed by atoms with Crippen molar-refractivity contribution in [1.82, 2.24) is 10.3 Å². The van der Waals surface area contributed by atoms with Crippen LogP contribution in [0.3, 0.4) is 0 Å². The SMILES string of the molecule is O=C(NC1(C(=O)O)CCCC1)c1cc(-c2ccccn2)ccc1Cl. The molecule has 1 aromatic carbocycles. The maximum atomic E-state index is 12.6. The van der Waals surface area contributed by atoms with Crippen molar-refractivity contribution < 1.29 is 14.7 Å². The van der Waals surface area contributed by atoms with Gasteiger partial charge >= 0.3 is 5.97 Å². The van der Waals surface area contributed by atoms with Crippen LogP contribution in [-0.4, -0.2) is 27.5 Å². The largest absolute Gasteiger partial charge is 0.480 e. The summed E-state index contributed by atoms with van der Waals surface area (Å²) < 4.78 is 0. The molecule has 5 nitrogen and oxygen atoms in total. The van der Waals surface area contributed by atoms with Crippen molar-refractivity contribution in [1.29, 1.82) is 0 Å². The molecular weight excluding hydrogens is 328 g/mol. The number of pyridine rings is 1. The molecule has 0 unspecified atom stereocenters. The van der Waals surface area contributed by atoms with Gasteiger partial charge in [-0.05, 0) is 37.1 Å². The van der Waals surface area contributed by atoms with E-state index in [0.29, 0.717) is 12.8 Å². The van der Waals surface area contributed by atoms with Gasteiger partial charge in [-0.2, -0.15) is 0 Å². The molecule has 1 fully saturated rings. The number of aromatic nitrogens is 1. The molecule has 2 N–H and O–H groups in total. The maximum absolute atomic E-state index is 12.6. The highest BCUT2D eigenvalue weighted by Gasteiger charge is 2.42. The standard InChI is InChI=1S/C18H17ClN2O3/c19-14-7-6-12(15-5-1-4-10-20-15)11-13(14)16(22)21-18(17(23)24)8-2-3-9-18/h1,4-7,10-11H,2-3,8-9H2,(H,21,22)(H,23,24). The van der Waals surface area contributed by atoms with E-state index in [0.717, 1.165) is 24.1 Å². The van der Waals surface area contributed by atoms with Crippen molar-refractivity contribution in [2.45, 2.75) is 31.2 Å². The topological polar surface area (TPSA) is 79.3 Å². The minimum Gasteiger partial charge on any atom is -0.480 e. The number of aliphatic carboxylic acids is 1. The van der Waals surface area contributed by atoms with Crippen molar-refractivity contribution in [3.8, 4) is 11.3 Å². The van der Waals surface area contributed by atoms with Crippen molar-refractivity contribution in [2.75, 3.05) is 0 Å². The highest BCUT2D eigenvalue weighted by atomic mass is 35.5. The molecule has 1 aromatic heterocycles. The fourth-order valence-corrected chi connectivity index (χ4v) is 3.25. The van der Waals surface area contributed by atoms with Crippen molar-refractivity contribution >= 4 is 23.5 Å². The quantitative estimate of drug-likeness (QED) is 0.889. The number of carbonyl (C=O) groups is 2. The smallest absolute Gasteiger partial charge is 0.329 e. The van der Waals surface area contributed by atoms with Crippen LogP contribution in [0.2, 0.25) is 5.02 Å². The normalized spacial score (nSPS) is 15.9. The van der Waals surface area contributed by atoms with Crippen LogP contribution < -0.4 is 5.32 Å². The van der Waals surface area contributed by atoms with Crippen molar-refractivity contribution in [2.24, 2.45) is 0 Å². The van der Waals surface area contributed by atoms with Crippen LogP contribution in [0.25, 0.3) is 11.3 Å². The second kappa shape index (κ2) is 6.61. The Morgan fingerprint density at radius 1 is 1.17 bits per heavy atom. The molecule has 1 heterocycles. The number of hydrogen-bond acceptors (Lipinski definition) is 3. The lowest BCUT2D eigenvalue weighted by Crippen LogP contribution is -2.52. The minimum absolute atomic E-state index is 0.257. The summed E-state index contributed by atoms with van der Waals surface area (Å²) in [6, 6.07) is 10.6. The number of nitrogens with one attached hydrogen (secondary N) is 1. The molecule has 0 bridgehead atoms. The van der Waals surface area contributed by atoms with Gasteiger partial charge in [-0.15, -0.1) is 0 Å². The van der Waals surface area contributed by atoms with E-state index in [2.05, 4.69) is 10.3 Å². The molecule has 124 valence electrons. The second-order valence-electron chi connectivity index (χ2n) is 5.96. The maximum Gasteiger partial charge on any atom is 0.329 e. The van der Waals surface area contributed by atoms with Gasteiger partial charge < -0.3 is 10.4 Å². The van der Waals surface area contributed by atoms with Crippen LogP contribution in [0.5, 0.6) is 0 Å². The number of halogens is 1. The molecule has 1 aliphatic rings. The van der Waals surface area contributed by atoms with E-state index in [4.69, 9.17) is 11.6 Å². The van der Waals surface area contributed by atoms with Gasteiger partial charge in [-0.1, -0.05) is 36.6 Å². The van der Waals surface area contributed by atoms with Gasteiger partial charge in [-0.3, -0.25) is 9.78 Å². The number of rotatable bonds is 4. The van der Waals surface area contributed by atoms with Gasteiger partial charge in [0.25, 0.3) is 5.91 Å². The Hall–Kier alpha value is -2.40. The third-order valence-electron chi connectivity index (χ3n) is 4.39. The monoisotopic (exact) mass is 344 g/mol. The van der Waals surface area contributed by atoms with Crippen LogP contribution >= 0.6 is 11.6 Å². The number of amides is 1. The molecule has 24 heavy (non-hydrogen) atoms. The summed E-state index contributed by atoms with van der Waals surface area (Å²) in [5, 5.41) is 12.5. The Labute approximate surface area is 144 Å². The lowest BCUT2D eigenvalue weighted by atomic mass is 9.97. The molecule has 0 spiro atoms. The summed E-state index contributed by atoms with van der Waals surface area (Å²) in [7, 11) is 0. The van der Waals surface area contributed by atoms with E-state index in [-0.39, 0.29) is 10.6 Å². The van der Waals surface area contributed by atoms with Gasteiger partial charge in [0.05, 0.1) is 16.3 Å². The zero-order valence-electron chi connectivity index (χ0n) is 13.0. The zero-order valence-corrected chi connectivity index (χ0v) is 13.7. The molecule has 0 radical (unpaired) electrons. The van der Waals surface area contributed by atoms with E-state index >= 15 is 0 Å². The molecule has 0 atom stereocenters. The summed E-state index contributed by atoms with van der Waals surface area (Å²) in [6.45, 7) is 0. The summed E-state index contributed by atoms with van der Waals surface area (Å²) >= 11 is 6.16. The molecule has 0 aliphatic heterocycles. The minimum atomic E-state index is -1.19. The number of carboxylic acid groups (broad SMARTS) is 1. The third kappa shape index (κ3) is 3.12. The summed E-state index contributed by atoms with van der Waals surface area (Å²) in [5.41, 5.74) is 0.534. The van der Waals surface area contributed by atoms with Gasteiger partial charge in [0.15, 0.2) is 0 Å². The molecule has 1 amide bonds. The average Bonchev–Trinajstić information content (AvgIpc) is 3.06. The first-order valence-electron chi connectivity index (χ1n) is 7.79. The summed E-state index contributed by atoms with van der Waals surface area (Å²) in [4.78, 5) is 28.5. The van der Waals surface area contributed by atoms with Crippen LogP contribution in [0, 0.1) is 0 Å². The first-order chi connectivity index (χ1) is 11.5. The van der Waals surface area contributed by atoms with E-state index in [1.807, 2.05) is 18.2 Å². The fraction of sp³-hybridized carbons (Fsp3) is 0.278. The van der Waals surface area contributed by atoms with Crippen molar-refractivity contribution in [3.63, 3.8) is 0 Å². The number of carboxylic acids is 1. The molecule has 2 aromatic rings. The molecule has 1 aliphatic carbocycles. The molecule has 0 saturated heterocycles. The van der Waals surface area contributed by atoms with Gasteiger partial charge in [0.1, 0.15) is 5.54 Å². The highest BCUT2D eigenvalue weighted by Crippen LogP contribution is 2.31. The first-order valence-corrected chi connectivity index (χ1v) is 8.16. The Morgan fingerprint density at radius 2 is 1.92 bits per heavy atom. The van der Waals surface area contributed by atoms with Crippen LogP contribution in [0.15, 0.2) is 42.6 Å². The fourth-order valence-electron chi connectivity index (χ4n) is 3.05. The van der Waals surface area contributed by atoms with Gasteiger partial charge in [0.2, 0.25) is 0 Å². The molecule has 3 rings (SSSR count). The lowest BCUT2D eigenvalue weighted by molar-refractivity contribution is -0.144. The predicted molar refractivity (Wildman–Crippen MR) is 91.0 cm³/mol. The third-order valence-corrected chi connectivity index (χ3v) is 4.72. The van der Waals surface area contributed by atoms with Crippen LogP contribution in [0.4, 0.5) is 0 Å². The van der Waals surface area contributed by atoms with Gasteiger partial charge in [-0.25, -0.2) is 4.79 Å². The Bertz CT molecular complexity index is 771. The molecule has 1 saturated carbocycles. The summed E-state index contributed by atoms with van der Waals surface area (Å²) in [5.74, 6) is -1.47. The zero-order chi connectivity index (χ0) is 17.2. The first kappa shape index (κ1) is 16.5.